The van der Waals surface area contributed by atoms with Gasteiger partial charge in [-0.05, 0) is 70.6 Å². The van der Waals surface area contributed by atoms with Gasteiger partial charge in [0, 0.05) is 28.2 Å². The number of nitrogen functional groups attached to an aromatic ring is 1. The van der Waals surface area contributed by atoms with E-state index in [0.717, 1.165) is 6.07 Å². The fourth-order valence-corrected chi connectivity index (χ4v) is 4.64. The number of halogens is 1. The summed E-state index contributed by atoms with van der Waals surface area (Å²) in [6.45, 7) is 0. The minimum Gasteiger partial charge on any atom is -0.477 e. The zero-order chi connectivity index (χ0) is 32.2. The number of carboxylic acid groups (broad SMARTS) is 2. The third-order valence-electron chi connectivity index (χ3n) is 6.53. The number of fused-ring (bicyclic) bond motifs is 1. The van der Waals surface area contributed by atoms with Gasteiger partial charge in [-0.1, -0.05) is 23.7 Å². The maximum atomic E-state index is 13.5. The van der Waals surface area contributed by atoms with Crippen LogP contribution in [-0.4, -0.2) is 70.8 Å². The van der Waals surface area contributed by atoms with Crippen molar-refractivity contribution in [3.8, 4) is 5.69 Å². The molecule has 5 rings (SSSR count). The van der Waals surface area contributed by atoms with Crippen LogP contribution in [0, 0.1) is 0 Å². The van der Waals surface area contributed by atoms with Crippen molar-refractivity contribution in [1.82, 2.24) is 30.1 Å². The molecule has 7 N–H and O–H groups in total. The summed E-state index contributed by atoms with van der Waals surface area (Å²) in [6.07, 6.45) is -0.256. The van der Waals surface area contributed by atoms with Gasteiger partial charge in [-0.2, -0.15) is 4.68 Å². The normalized spacial score (nSPS) is 11.5. The number of nitrogens with zero attached hydrogens (tertiary/aromatic N) is 5. The van der Waals surface area contributed by atoms with Crippen LogP contribution in [0.15, 0.2) is 73.1 Å². The number of carbonyl (C=O) groups is 5. The molecule has 0 aliphatic carbocycles. The molecule has 45 heavy (non-hydrogen) atoms. The van der Waals surface area contributed by atoms with Crippen molar-refractivity contribution < 1.29 is 34.2 Å². The van der Waals surface area contributed by atoms with Crippen molar-refractivity contribution in [3.05, 3.63) is 89.3 Å². The number of tetrazole rings is 1. The van der Waals surface area contributed by atoms with E-state index in [1.807, 2.05) is 0 Å². The molecule has 5 aromatic rings. The summed E-state index contributed by atoms with van der Waals surface area (Å²) < 4.78 is 1.86. The number of anilines is 3. The van der Waals surface area contributed by atoms with Crippen molar-refractivity contribution in [2.75, 3.05) is 16.4 Å². The maximum absolute atomic E-state index is 13.5. The van der Waals surface area contributed by atoms with Crippen LogP contribution in [-0.2, 0) is 20.8 Å². The molecule has 2 aromatic heterocycles. The van der Waals surface area contributed by atoms with Crippen LogP contribution < -0.4 is 21.7 Å². The predicted molar refractivity (Wildman–Crippen MR) is 160 cm³/mol. The standard InChI is InChI=1S/C28H22ClN9O7/c29-16-3-7-22(37-13-31-35-36-37)19(12-16)33-25(40)26(41)34-20(9-14-1-4-17(30)5-2-14)24(39)32-18-6-8-21-15(10-18)11-23(27(42)43)38(21)28(44)45/h1-8,10-13,20H,9,30H2,(H,32,39)(H,33,40)(H,34,41)(H,42,43)(H,44,45). The number of amides is 3. The van der Waals surface area contributed by atoms with Gasteiger partial charge in [0.1, 0.15) is 18.1 Å². The first-order valence-corrected chi connectivity index (χ1v) is 13.3. The molecule has 228 valence electrons. The van der Waals surface area contributed by atoms with E-state index >= 15 is 0 Å². The Labute approximate surface area is 257 Å². The highest BCUT2D eigenvalue weighted by molar-refractivity contribution is 6.40. The number of nitrogens with two attached hydrogens (primary N) is 1. The van der Waals surface area contributed by atoms with Gasteiger partial charge < -0.3 is 31.9 Å². The molecular formula is C28H22ClN9O7. The van der Waals surface area contributed by atoms with E-state index < -0.39 is 41.5 Å². The Kier molecular flexibility index (Phi) is 8.40. The molecule has 2 heterocycles. The average molecular weight is 632 g/mol. The second-order valence-electron chi connectivity index (χ2n) is 9.56. The van der Waals surface area contributed by atoms with Crippen LogP contribution in [0.2, 0.25) is 5.02 Å². The molecule has 0 aliphatic heterocycles. The van der Waals surface area contributed by atoms with Gasteiger partial charge in [-0.15, -0.1) is 5.10 Å². The zero-order valence-corrected chi connectivity index (χ0v) is 23.6. The Morgan fingerprint density at radius 3 is 2.33 bits per heavy atom. The SMILES string of the molecule is Nc1ccc(CC(NC(=O)C(=O)Nc2cc(Cl)ccc2-n2cnnn2)C(=O)Nc2ccc3c(c2)cc(C(=O)O)n3C(=O)O)cc1. The average Bonchev–Trinajstić information content (AvgIpc) is 3.66. The van der Waals surface area contributed by atoms with E-state index in [4.69, 9.17) is 17.3 Å². The lowest BCUT2D eigenvalue weighted by molar-refractivity contribution is -0.137. The molecule has 17 heteroatoms. The lowest BCUT2D eigenvalue weighted by Gasteiger charge is -2.19. The topological polar surface area (TPSA) is 236 Å². The van der Waals surface area contributed by atoms with Crippen LogP contribution in [0.3, 0.4) is 0 Å². The number of carboxylic acids is 1. The Bertz CT molecular complexity index is 1960. The van der Waals surface area contributed by atoms with Gasteiger partial charge in [0.05, 0.1) is 16.9 Å². The van der Waals surface area contributed by atoms with Crippen molar-refractivity contribution in [3.63, 3.8) is 0 Å². The zero-order valence-electron chi connectivity index (χ0n) is 22.8. The van der Waals surface area contributed by atoms with Crippen LogP contribution in [0.4, 0.5) is 21.9 Å². The summed E-state index contributed by atoms with van der Waals surface area (Å²) in [5.74, 6) is -4.43. The molecule has 1 atom stereocenters. The molecule has 16 nitrogen and oxygen atoms in total. The fourth-order valence-electron chi connectivity index (χ4n) is 4.47. The molecule has 0 spiro atoms. The predicted octanol–water partition coefficient (Wildman–Crippen LogP) is 2.38. The van der Waals surface area contributed by atoms with Crippen LogP contribution in [0.25, 0.3) is 16.6 Å². The second-order valence-corrected chi connectivity index (χ2v) is 9.99. The third-order valence-corrected chi connectivity index (χ3v) is 6.76. The molecule has 0 aliphatic rings. The molecule has 3 amide bonds. The minimum absolute atomic E-state index is 0.0427. The molecule has 3 aromatic carbocycles. The van der Waals surface area contributed by atoms with Crippen LogP contribution >= 0.6 is 11.6 Å². The van der Waals surface area contributed by atoms with Gasteiger partial charge in [0.25, 0.3) is 0 Å². The number of nitrogens with one attached hydrogen (secondary N) is 3. The number of aromatic nitrogens is 5. The summed E-state index contributed by atoms with van der Waals surface area (Å²) in [7, 11) is 0. The molecule has 0 radical (unpaired) electrons. The summed E-state index contributed by atoms with van der Waals surface area (Å²) in [4.78, 5) is 62.7. The molecule has 0 bridgehead atoms. The first kappa shape index (κ1) is 30.2. The second kappa shape index (κ2) is 12.5. The van der Waals surface area contributed by atoms with Crippen LogP contribution in [0.5, 0.6) is 0 Å². The van der Waals surface area contributed by atoms with Crippen molar-refractivity contribution in [1.29, 1.82) is 0 Å². The maximum Gasteiger partial charge on any atom is 0.416 e. The van der Waals surface area contributed by atoms with E-state index in [1.165, 1.54) is 47.4 Å². The van der Waals surface area contributed by atoms with Gasteiger partial charge in [-0.3, -0.25) is 14.4 Å². The number of hydrogen-bond acceptors (Lipinski definition) is 9. The Hall–Kier alpha value is -6.29. The smallest absolute Gasteiger partial charge is 0.416 e. The number of benzene rings is 3. The fraction of sp³-hybridized carbons (Fsp3) is 0.0714. The first-order valence-electron chi connectivity index (χ1n) is 12.9. The van der Waals surface area contributed by atoms with Gasteiger partial charge >= 0.3 is 23.9 Å². The minimum atomic E-state index is -1.49. The quantitative estimate of drug-likeness (QED) is 0.107. The van der Waals surface area contributed by atoms with E-state index in [1.54, 1.807) is 24.3 Å². The Balaban J connectivity index is 1.38. The number of rotatable bonds is 8. The van der Waals surface area contributed by atoms with Gasteiger partial charge in [0.15, 0.2) is 0 Å². The number of aromatic carboxylic acids is 1. The van der Waals surface area contributed by atoms with E-state index in [-0.39, 0.29) is 33.7 Å². The summed E-state index contributed by atoms with van der Waals surface area (Å²) in [5, 5.41) is 37.8. The molecular weight excluding hydrogens is 610 g/mol. The van der Waals surface area contributed by atoms with Crippen molar-refractivity contribution >= 4 is 69.4 Å². The monoisotopic (exact) mass is 631 g/mol. The van der Waals surface area contributed by atoms with E-state index in [9.17, 15) is 34.2 Å². The largest absolute Gasteiger partial charge is 0.477 e. The van der Waals surface area contributed by atoms with E-state index in [0.29, 0.717) is 21.5 Å². The summed E-state index contributed by atoms with van der Waals surface area (Å²) >= 11 is 6.09. The Morgan fingerprint density at radius 2 is 1.67 bits per heavy atom. The van der Waals surface area contributed by atoms with Gasteiger partial charge in [-0.25, -0.2) is 14.2 Å². The summed E-state index contributed by atoms with van der Waals surface area (Å²) in [5.41, 5.74) is 7.08. The lowest BCUT2D eigenvalue weighted by Crippen LogP contribution is -2.49. The molecule has 0 saturated heterocycles. The molecule has 0 fully saturated rings. The number of carbonyl (C=O) groups excluding carboxylic acids is 3. The van der Waals surface area contributed by atoms with Gasteiger partial charge in [0.2, 0.25) is 5.91 Å². The lowest BCUT2D eigenvalue weighted by atomic mass is 10.0. The van der Waals surface area contributed by atoms with Crippen molar-refractivity contribution in [2.24, 2.45) is 0 Å². The molecule has 0 saturated carbocycles. The first-order chi connectivity index (χ1) is 21.5. The van der Waals surface area contributed by atoms with Crippen molar-refractivity contribution in [2.45, 2.75) is 12.5 Å². The highest BCUT2D eigenvalue weighted by Gasteiger charge is 2.26. The summed E-state index contributed by atoms with van der Waals surface area (Å²) in [6, 6.07) is 15.0. The Morgan fingerprint density at radius 1 is 0.911 bits per heavy atom. The number of hydrogen-bond donors (Lipinski definition) is 6. The highest BCUT2D eigenvalue weighted by Crippen LogP contribution is 2.25. The van der Waals surface area contributed by atoms with Crippen LogP contribution in [0.1, 0.15) is 16.1 Å². The third kappa shape index (κ3) is 6.70. The highest BCUT2D eigenvalue weighted by atomic mass is 35.5. The van der Waals surface area contributed by atoms with E-state index in [2.05, 4.69) is 31.5 Å². The molecule has 1 unspecified atom stereocenters.